The van der Waals surface area contributed by atoms with E-state index in [2.05, 4.69) is 26.3 Å². The molecule has 1 aromatic carbocycles. The maximum Gasteiger partial charge on any atom is 0.130 e. The molecule has 0 saturated heterocycles. The van der Waals surface area contributed by atoms with Crippen molar-refractivity contribution >= 4 is 27.5 Å². The molecule has 2 rings (SSSR count). The summed E-state index contributed by atoms with van der Waals surface area (Å²) in [5, 5.41) is 8.03. The number of aromatic nitrogens is 2. The van der Waals surface area contributed by atoms with Crippen molar-refractivity contribution in [3.63, 3.8) is 0 Å². The summed E-state index contributed by atoms with van der Waals surface area (Å²) in [6.45, 7) is 1.91. The predicted molar refractivity (Wildman–Crippen MR) is 82.6 cm³/mol. The summed E-state index contributed by atoms with van der Waals surface area (Å²) in [7, 11) is 3.61. The van der Waals surface area contributed by atoms with Crippen LogP contribution in [0.25, 0.3) is 0 Å². The van der Waals surface area contributed by atoms with Crippen LogP contribution in [-0.2, 0) is 13.5 Å². The van der Waals surface area contributed by atoms with E-state index in [1.54, 1.807) is 17.8 Å². The Kier molecular flexibility index (Phi) is 4.83. The van der Waals surface area contributed by atoms with Gasteiger partial charge in [0, 0.05) is 28.7 Å². The maximum absolute atomic E-state index is 14.1. The van der Waals surface area contributed by atoms with Crippen LogP contribution < -0.4 is 5.32 Å². The van der Waals surface area contributed by atoms with Crippen molar-refractivity contribution in [2.24, 2.45) is 7.05 Å². The molecule has 1 aromatic heterocycles. The van der Waals surface area contributed by atoms with Crippen molar-refractivity contribution in [1.82, 2.24) is 15.1 Å². The average molecular weight is 361 g/mol. The van der Waals surface area contributed by atoms with Gasteiger partial charge in [-0.15, -0.1) is 0 Å². The first-order chi connectivity index (χ1) is 9.45. The molecule has 108 valence electrons. The molecule has 0 fully saturated rings. The Hall–Kier alpha value is -0.910. The molecule has 1 unspecified atom stereocenters. The molecule has 0 aliphatic carbocycles. The number of rotatable bonds is 4. The monoisotopic (exact) mass is 359 g/mol. The summed E-state index contributed by atoms with van der Waals surface area (Å²) in [5.74, 6) is -0.239. The Morgan fingerprint density at radius 2 is 2.20 bits per heavy atom. The van der Waals surface area contributed by atoms with Gasteiger partial charge in [0.25, 0.3) is 0 Å². The van der Waals surface area contributed by atoms with Gasteiger partial charge in [-0.3, -0.25) is 4.68 Å². The number of hydrogen-bond donors (Lipinski definition) is 1. The van der Waals surface area contributed by atoms with Crippen molar-refractivity contribution in [1.29, 1.82) is 0 Å². The summed E-state index contributed by atoms with van der Waals surface area (Å²) in [4.78, 5) is 0. The van der Waals surface area contributed by atoms with Crippen molar-refractivity contribution in [3.05, 3.63) is 50.5 Å². The summed E-state index contributed by atoms with van der Waals surface area (Å²) in [6.07, 6.45) is 0.578. The smallest absolute Gasteiger partial charge is 0.130 e. The standard InChI is InChI=1S/C14H16BrClFN3/c1-8-9(14(16)20(3)19-8)7-12(18-2)13-10(15)5-4-6-11(13)17/h4-6,12,18H,7H2,1-3H3. The Morgan fingerprint density at radius 1 is 1.50 bits per heavy atom. The second-order valence-corrected chi connectivity index (χ2v) is 5.87. The molecule has 0 spiro atoms. The second-order valence-electron chi connectivity index (χ2n) is 4.66. The van der Waals surface area contributed by atoms with Gasteiger partial charge in [0.2, 0.25) is 0 Å². The van der Waals surface area contributed by atoms with Crippen molar-refractivity contribution in [2.45, 2.75) is 19.4 Å². The summed E-state index contributed by atoms with van der Waals surface area (Å²) in [5.41, 5.74) is 2.41. The van der Waals surface area contributed by atoms with Gasteiger partial charge in [-0.25, -0.2) is 4.39 Å². The van der Waals surface area contributed by atoms with Crippen LogP contribution in [0.2, 0.25) is 5.15 Å². The SMILES string of the molecule is CNC(Cc1c(C)nn(C)c1Cl)c1c(F)cccc1Br. The fourth-order valence-electron chi connectivity index (χ4n) is 2.30. The first-order valence-corrected chi connectivity index (χ1v) is 7.42. The number of halogens is 3. The van der Waals surface area contributed by atoms with Crippen LogP contribution in [0.15, 0.2) is 22.7 Å². The quantitative estimate of drug-likeness (QED) is 0.899. The van der Waals surface area contributed by atoms with E-state index in [1.807, 2.05) is 20.0 Å². The van der Waals surface area contributed by atoms with E-state index in [1.165, 1.54) is 6.07 Å². The number of likely N-dealkylation sites (N-methyl/N-ethyl adjacent to an activating group) is 1. The zero-order valence-corrected chi connectivity index (χ0v) is 13.9. The average Bonchev–Trinajstić information content (AvgIpc) is 2.63. The summed E-state index contributed by atoms with van der Waals surface area (Å²) >= 11 is 9.66. The Labute approximate surface area is 131 Å². The van der Waals surface area contributed by atoms with Crippen LogP contribution in [-0.4, -0.2) is 16.8 Å². The lowest BCUT2D eigenvalue weighted by Gasteiger charge is -2.19. The normalized spacial score (nSPS) is 12.7. The predicted octanol–water partition coefficient (Wildman–Crippen LogP) is 3.79. The molecule has 0 bridgehead atoms. The minimum atomic E-state index is -0.239. The molecule has 0 aliphatic heterocycles. The van der Waals surface area contributed by atoms with Crippen molar-refractivity contribution in [3.8, 4) is 0 Å². The molecular weight excluding hydrogens is 345 g/mol. The molecule has 3 nitrogen and oxygen atoms in total. The zero-order chi connectivity index (χ0) is 14.9. The van der Waals surface area contributed by atoms with Crippen LogP contribution in [0, 0.1) is 12.7 Å². The van der Waals surface area contributed by atoms with Crippen LogP contribution in [0.1, 0.15) is 22.9 Å². The highest BCUT2D eigenvalue weighted by Gasteiger charge is 2.21. The van der Waals surface area contributed by atoms with Gasteiger partial charge >= 0.3 is 0 Å². The zero-order valence-electron chi connectivity index (χ0n) is 11.5. The lowest BCUT2D eigenvalue weighted by atomic mass is 9.99. The van der Waals surface area contributed by atoms with Gasteiger partial charge < -0.3 is 5.32 Å². The van der Waals surface area contributed by atoms with Crippen LogP contribution >= 0.6 is 27.5 Å². The Morgan fingerprint density at radius 3 is 2.70 bits per heavy atom. The van der Waals surface area contributed by atoms with E-state index >= 15 is 0 Å². The number of aryl methyl sites for hydroxylation is 2. The Bertz CT molecular complexity index is 607. The van der Waals surface area contributed by atoms with E-state index < -0.39 is 0 Å². The van der Waals surface area contributed by atoms with Gasteiger partial charge in [-0.1, -0.05) is 33.6 Å². The van der Waals surface area contributed by atoms with Crippen LogP contribution in [0.3, 0.4) is 0 Å². The van der Waals surface area contributed by atoms with E-state index in [0.29, 0.717) is 17.1 Å². The lowest BCUT2D eigenvalue weighted by molar-refractivity contribution is 0.531. The molecule has 6 heteroatoms. The maximum atomic E-state index is 14.1. The number of nitrogens with one attached hydrogen (secondary N) is 1. The van der Waals surface area contributed by atoms with Crippen LogP contribution in [0.4, 0.5) is 4.39 Å². The molecule has 1 atom stereocenters. The van der Waals surface area contributed by atoms with E-state index in [9.17, 15) is 4.39 Å². The highest BCUT2D eigenvalue weighted by atomic mass is 79.9. The highest BCUT2D eigenvalue weighted by molar-refractivity contribution is 9.10. The van der Waals surface area contributed by atoms with Gasteiger partial charge in [0.05, 0.1) is 5.69 Å². The van der Waals surface area contributed by atoms with E-state index in [-0.39, 0.29) is 11.9 Å². The minimum Gasteiger partial charge on any atom is -0.313 e. The van der Waals surface area contributed by atoms with Gasteiger partial charge in [-0.05, 0) is 32.5 Å². The fraction of sp³-hybridized carbons (Fsp3) is 0.357. The molecule has 0 saturated carbocycles. The third kappa shape index (κ3) is 2.90. The summed E-state index contributed by atoms with van der Waals surface area (Å²) in [6, 6.07) is 4.80. The van der Waals surface area contributed by atoms with Gasteiger partial charge in [0.15, 0.2) is 0 Å². The van der Waals surface area contributed by atoms with E-state index in [0.717, 1.165) is 15.7 Å². The van der Waals surface area contributed by atoms with Crippen LogP contribution in [0.5, 0.6) is 0 Å². The third-order valence-electron chi connectivity index (χ3n) is 3.37. The first kappa shape index (κ1) is 15.5. The molecule has 2 aromatic rings. The largest absolute Gasteiger partial charge is 0.313 e. The topological polar surface area (TPSA) is 29.9 Å². The number of hydrogen-bond acceptors (Lipinski definition) is 2. The lowest BCUT2D eigenvalue weighted by Crippen LogP contribution is -2.21. The first-order valence-electron chi connectivity index (χ1n) is 6.24. The number of nitrogens with zero attached hydrogens (tertiary/aromatic N) is 2. The molecule has 20 heavy (non-hydrogen) atoms. The molecule has 1 heterocycles. The molecular formula is C14H16BrClFN3. The molecule has 1 N–H and O–H groups in total. The third-order valence-corrected chi connectivity index (χ3v) is 4.54. The van der Waals surface area contributed by atoms with Crippen molar-refractivity contribution in [2.75, 3.05) is 7.05 Å². The van der Waals surface area contributed by atoms with Gasteiger partial charge in [-0.2, -0.15) is 5.10 Å². The molecule has 0 aliphatic rings. The fourth-order valence-corrected chi connectivity index (χ4v) is 3.17. The van der Waals surface area contributed by atoms with Crippen molar-refractivity contribution < 1.29 is 4.39 Å². The van der Waals surface area contributed by atoms with E-state index in [4.69, 9.17) is 11.6 Å². The molecule has 0 amide bonds. The summed E-state index contributed by atoms with van der Waals surface area (Å²) < 4.78 is 16.5. The Balaban J connectivity index is 2.39. The number of benzene rings is 1. The highest BCUT2D eigenvalue weighted by Crippen LogP contribution is 2.31. The second kappa shape index (κ2) is 6.24. The molecule has 0 radical (unpaired) electrons. The van der Waals surface area contributed by atoms with Gasteiger partial charge in [0.1, 0.15) is 11.0 Å². The minimum absolute atomic E-state index is 0.175.